The van der Waals surface area contributed by atoms with E-state index in [1.165, 1.54) is 0 Å². The predicted molar refractivity (Wildman–Crippen MR) is 132 cm³/mol. The van der Waals surface area contributed by atoms with Crippen LogP contribution in [0.3, 0.4) is 0 Å². The summed E-state index contributed by atoms with van der Waals surface area (Å²) in [6, 6.07) is 21.2. The number of rotatable bonds is 5. The molecule has 0 fully saturated rings. The SMILES string of the molecule is CCn1cc(-c2ccnc3[nH]ccc23)c(-c2ccc(NC(=O)N(C)c3ccccc3)cc2)n1. The fourth-order valence-corrected chi connectivity index (χ4v) is 3.88. The van der Waals surface area contributed by atoms with Crippen molar-refractivity contribution in [2.45, 2.75) is 13.5 Å². The number of anilines is 2. The summed E-state index contributed by atoms with van der Waals surface area (Å²) >= 11 is 0. The van der Waals surface area contributed by atoms with Crippen LogP contribution in [0.2, 0.25) is 0 Å². The Hall–Kier alpha value is -4.39. The first-order valence-corrected chi connectivity index (χ1v) is 10.8. The van der Waals surface area contributed by atoms with Crippen molar-refractivity contribution in [1.29, 1.82) is 0 Å². The first kappa shape index (κ1) is 20.5. The summed E-state index contributed by atoms with van der Waals surface area (Å²) in [4.78, 5) is 21.8. The van der Waals surface area contributed by atoms with Crippen molar-refractivity contribution in [3.8, 4) is 22.4 Å². The molecule has 0 saturated carbocycles. The number of amides is 2. The van der Waals surface area contributed by atoms with E-state index in [0.717, 1.165) is 51.3 Å². The number of pyridine rings is 1. The summed E-state index contributed by atoms with van der Waals surface area (Å²) in [6.45, 7) is 2.84. The van der Waals surface area contributed by atoms with E-state index in [1.807, 2.05) is 83.8 Å². The second-order valence-corrected chi connectivity index (χ2v) is 7.75. The lowest BCUT2D eigenvalue weighted by atomic mass is 10.0. The van der Waals surface area contributed by atoms with Gasteiger partial charge < -0.3 is 10.3 Å². The largest absolute Gasteiger partial charge is 0.346 e. The fraction of sp³-hybridized carbons (Fsp3) is 0.115. The molecule has 0 radical (unpaired) electrons. The molecule has 5 aromatic rings. The molecule has 7 heteroatoms. The van der Waals surface area contributed by atoms with Crippen LogP contribution in [0.4, 0.5) is 16.2 Å². The number of urea groups is 1. The lowest BCUT2D eigenvalue weighted by molar-refractivity contribution is 0.258. The summed E-state index contributed by atoms with van der Waals surface area (Å²) in [5.74, 6) is 0. The molecule has 0 atom stereocenters. The van der Waals surface area contributed by atoms with Crippen molar-refractivity contribution in [2.75, 3.05) is 17.3 Å². The number of hydrogen-bond acceptors (Lipinski definition) is 3. The average Bonchev–Trinajstić information content (AvgIpc) is 3.52. The van der Waals surface area contributed by atoms with Gasteiger partial charge in [-0.3, -0.25) is 9.58 Å². The van der Waals surface area contributed by atoms with Crippen LogP contribution in [-0.4, -0.2) is 32.8 Å². The maximum Gasteiger partial charge on any atom is 0.326 e. The molecular formula is C26H24N6O. The molecular weight excluding hydrogens is 412 g/mol. The molecule has 2 N–H and O–H groups in total. The van der Waals surface area contributed by atoms with Crippen LogP contribution in [0.5, 0.6) is 0 Å². The fourth-order valence-electron chi connectivity index (χ4n) is 3.88. The Kier molecular flexibility index (Phi) is 5.36. The van der Waals surface area contributed by atoms with Crippen molar-refractivity contribution >= 4 is 28.4 Å². The monoisotopic (exact) mass is 436 g/mol. The molecule has 2 amide bonds. The second-order valence-electron chi connectivity index (χ2n) is 7.75. The number of nitrogens with zero attached hydrogens (tertiary/aromatic N) is 4. The van der Waals surface area contributed by atoms with Gasteiger partial charge in [-0.05, 0) is 48.9 Å². The molecule has 0 aliphatic heterocycles. The van der Waals surface area contributed by atoms with Gasteiger partial charge in [0.05, 0.1) is 0 Å². The van der Waals surface area contributed by atoms with Gasteiger partial charge in [0, 0.05) is 60.1 Å². The van der Waals surface area contributed by atoms with Gasteiger partial charge in [0.15, 0.2) is 0 Å². The zero-order valence-corrected chi connectivity index (χ0v) is 18.5. The summed E-state index contributed by atoms with van der Waals surface area (Å²) in [5, 5.41) is 8.82. The van der Waals surface area contributed by atoms with E-state index < -0.39 is 0 Å². The Balaban J connectivity index is 1.43. The van der Waals surface area contributed by atoms with Crippen molar-refractivity contribution < 1.29 is 4.79 Å². The minimum Gasteiger partial charge on any atom is -0.346 e. The number of hydrogen-bond donors (Lipinski definition) is 2. The van der Waals surface area contributed by atoms with Crippen LogP contribution in [-0.2, 0) is 6.54 Å². The number of aromatic nitrogens is 4. The number of H-pyrrole nitrogens is 1. The maximum atomic E-state index is 12.6. The van der Waals surface area contributed by atoms with Gasteiger partial charge in [0.25, 0.3) is 0 Å². The van der Waals surface area contributed by atoms with E-state index in [9.17, 15) is 4.79 Å². The highest BCUT2D eigenvalue weighted by molar-refractivity contribution is 6.01. The van der Waals surface area contributed by atoms with E-state index in [4.69, 9.17) is 5.10 Å². The van der Waals surface area contributed by atoms with Gasteiger partial charge in [-0.1, -0.05) is 30.3 Å². The number of nitrogens with one attached hydrogen (secondary N) is 2. The number of carbonyl (C=O) groups excluding carboxylic acids is 1. The number of fused-ring (bicyclic) bond motifs is 1. The highest BCUT2D eigenvalue weighted by atomic mass is 16.2. The van der Waals surface area contributed by atoms with E-state index in [1.54, 1.807) is 11.9 Å². The number of carbonyl (C=O) groups is 1. The molecule has 0 bridgehead atoms. The lowest BCUT2D eigenvalue weighted by Gasteiger charge is -2.18. The Bertz CT molecular complexity index is 1400. The molecule has 3 aromatic heterocycles. The first-order valence-electron chi connectivity index (χ1n) is 10.8. The minimum atomic E-state index is -0.198. The third kappa shape index (κ3) is 3.96. The van der Waals surface area contributed by atoms with Crippen molar-refractivity contribution in [3.63, 3.8) is 0 Å². The van der Waals surface area contributed by atoms with Crippen LogP contribution in [0.1, 0.15) is 6.92 Å². The summed E-state index contributed by atoms with van der Waals surface area (Å²) in [6.07, 6.45) is 5.78. The zero-order chi connectivity index (χ0) is 22.8. The molecule has 0 aliphatic rings. The standard InChI is InChI=1S/C26H24N6O/c1-3-32-17-23(21-13-15-27-25-22(21)14-16-28-25)24(30-32)18-9-11-19(12-10-18)29-26(33)31(2)20-7-5-4-6-8-20/h4-17H,3H2,1-2H3,(H,27,28)(H,29,33). The number of benzene rings is 2. The van der Waals surface area contributed by atoms with Crippen molar-refractivity contribution in [2.24, 2.45) is 0 Å². The Morgan fingerprint density at radius 3 is 2.58 bits per heavy atom. The van der Waals surface area contributed by atoms with Gasteiger partial charge in [-0.15, -0.1) is 0 Å². The Labute approximate surface area is 191 Å². The van der Waals surface area contributed by atoms with Crippen LogP contribution in [0.25, 0.3) is 33.4 Å². The molecule has 5 rings (SSSR count). The smallest absolute Gasteiger partial charge is 0.326 e. The highest BCUT2D eigenvalue weighted by Crippen LogP contribution is 2.35. The second kappa shape index (κ2) is 8.63. The molecule has 3 heterocycles. The average molecular weight is 437 g/mol. The van der Waals surface area contributed by atoms with Crippen molar-refractivity contribution in [3.05, 3.63) is 85.3 Å². The molecule has 7 nitrogen and oxygen atoms in total. The summed E-state index contributed by atoms with van der Waals surface area (Å²) in [5.41, 5.74) is 6.40. The molecule has 164 valence electrons. The normalized spacial score (nSPS) is 11.0. The number of para-hydroxylation sites is 1. The molecule has 0 aliphatic carbocycles. The van der Waals surface area contributed by atoms with Gasteiger partial charge >= 0.3 is 6.03 Å². The van der Waals surface area contributed by atoms with Crippen molar-refractivity contribution in [1.82, 2.24) is 19.7 Å². The maximum absolute atomic E-state index is 12.6. The Morgan fingerprint density at radius 2 is 1.82 bits per heavy atom. The van der Waals surface area contributed by atoms with Gasteiger partial charge in [-0.2, -0.15) is 5.10 Å². The highest BCUT2D eigenvalue weighted by Gasteiger charge is 2.16. The van der Waals surface area contributed by atoms with E-state index in [-0.39, 0.29) is 6.03 Å². The first-order chi connectivity index (χ1) is 16.1. The molecule has 2 aromatic carbocycles. The van der Waals surface area contributed by atoms with Gasteiger partial charge in [-0.25, -0.2) is 9.78 Å². The number of aryl methyl sites for hydroxylation is 1. The van der Waals surface area contributed by atoms with Crippen LogP contribution < -0.4 is 10.2 Å². The van der Waals surface area contributed by atoms with Gasteiger partial charge in [0.1, 0.15) is 11.3 Å². The Morgan fingerprint density at radius 1 is 1.03 bits per heavy atom. The summed E-state index contributed by atoms with van der Waals surface area (Å²) in [7, 11) is 1.75. The minimum absolute atomic E-state index is 0.198. The molecule has 0 spiro atoms. The van der Waals surface area contributed by atoms with E-state index in [2.05, 4.69) is 28.4 Å². The third-order valence-corrected chi connectivity index (χ3v) is 5.69. The number of aromatic amines is 1. The van der Waals surface area contributed by atoms with Crippen LogP contribution in [0.15, 0.2) is 85.3 Å². The quantitative estimate of drug-likeness (QED) is 0.366. The van der Waals surface area contributed by atoms with Crippen LogP contribution in [0, 0.1) is 0 Å². The van der Waals surface area contributed by atoms with E-state index >= 15 is 0 Å². The van der Waals surface area contributed by atoms with E-state index in [0.29, 0.717) is 0 Å². The molecule has 0 saturated heterocycles. The topological polar surface area (TPSA) is 78.8 Å². The summed E-state index contributed by atoms with van der Waals surface area (Å²) < 4.78 is 1.94. The lowest BCUT2D eigenvalue weighted by Crippen LogP contribution is -2.31. The van der Waals surface area contributed by atoms with Crippen LogP contribution >= 0.6 is 0 Å². The molecule has 0 unspecified atom stereocenters. The zero-order valence-electron chi connectivity index (χ0n) is 18.5. The van der Waals surface area contributed by atoms with Gasteiger partial charge in [0.2, 0.25) is 0 Å². The predicted octanol–water partition coefficient (Wildman–Crippen LogP) is 5.78. The third-order valence-electron chi connectivity index (χ3n) is 5.69. The molecule has 33 heavy (non-hydrogen) atoms.